The third-order valence-electron chi connectivity index (χ3n) is 4.54. The molecule has 0 aliphatic carbocycles. The van der Waals surface area contributed by atoms with Crippen LogP contribution in [0.5, 0.6) is 0 Å². The second-order valence-electron chi connectivity index (χ2n) is 6.23. The predicted octanol–water partition coefficient (Wildman–Crippen LogP) is 2.30. The van der Waals surface area contributed by atoms with E-state index >= 15 is 0 Å². The summed E-state index contributed by atoms with van der Waals surface area (Å²) in [6, 6.07) is 6.18. The topological polar surface area (TPSA) is 86.2 Å². The van der Waals surface area contributed by atoms with Gasteiger partial charge in [-0.2, -0.15) is 10.2 Å². The molecule has 0 saturated heterocycles. The largest absolute Gasteiger partial charge is 0.363 e. The van der Waals surface area contributed by atoms with Crippen molar-refractivity contribution < 1.29 is 0 Å². The van der Waals surface area contributed by atoms with E-state index in [1.165, 1.54) is 0 Å². The Kier molecular flexibility index (Phi) is 3.27. The molecule has 4 heterocycles. The van der Waals surface area contributed by atoms with Gasteiger partial charge in [0.25, 0.3) is 0 Å². The monoisotopic (exact) mass is 346 g/mol. The first-order valence-corrected chi connectivity index (χ1v) is 8.54. The lowest BCUT2D eigenvalue weighted by atomic mass is 10.1. The SMILES string of the molecule is CCn1cc(NC2=NC(c3ccc4cn[nH]c4c3)=CN3C=CNC23)cn1. The molecule has 2 aliphatic heterocycles. The van der Waals surface area contributed by atoms with Crippen molar-refractivity contribution in [3.05, 3.63) is 61.0 Å². The third-order valence-corrected chi connectivity index (χ3v) is 4.54. The number of nitrogens with one attached hydrogen (secondary N) is 3. The molecule has 1 atom stereocenters. The predicted molar refractivity (Wildman–Crippen MR) is 101 cm³/mol. The Morgan fingerprint density at radius 3 is 3.12 bits per heavy atom. The summed E-state index contributed by atoms with van der Waals surface area (Å²) in [5.74, 6) is 0.827. The molecule has 3 N–H and O–H groups in total. The lowest BCUT2D eigenvalue weighted by molar-refractivity contribution is 0.449. The van der Waals surface area contributed by atoms with Crippen molar-refractivity contribution in [1.29, 1.82) is 0 Å². The second-order valence-corrected chi connectivity index (χ2v) is 6.23. The number of fused-ring (bicyclic) bond motifs is 2. The lowest BCUT2D eigenvalue weighted by Gasteiger charge is -2.28. The second kappa shape index (κ2) is 5.76. The van der Waals surface area contributed by atoms with E-state index < -0.39 is 0 Å². The third kappa shape index (κ3) is 2.43. The number of rotatable bonds is 3. The van der Waals surface area contributed by atoms with Crippen molar-refractivity contribution in [2.24, 2.45) is 4.99 Å². The molecule has 3 aromatic rings. The highest BCUT2D eigenvalue weighted by Crippen LogP contribution is 2.27. The maximum Gasteiger partial charge on any atom is 0.162 e. The highest BCUT2D eigenvalue weighted by atomic mass is 15.3. The molecule has 1 unspecified atom stereocenters. The fourth-order valence-corrected chi connectivity index (χ4v) is 3.17. The van der Waals surface area contributed by atoms with Crippen LogP contribution < -0.4 is 10.6 Å². The van der Waals surface area contributed by atoms with Gasteiger partial charge in [-0.15, -0.1) is 0 Å². The summed E-state index contributed by atoms with van der Waals surface area (Å²) < 4.78 is 1.88. The molecule has 0 bridgehead atoms. The van der Waals surface area contributed by atoms with Crippen LogP contribution in [0, 0.1) is 0 Å². The van der Waals surface area contributed by atoms with Crippen LogP contribution in [-0.2, 0) is 6.54 Å². The zero-order valence-corrected chi connectivity index (χ0v) is 14.2. The number of hydrogen-bond donors (Lipinski definition) is 3. The van der Waals surface area contributed by atoms with E-state index in [2.05, 4.69) is 49.9 Å². The molecule has 5 rings (SSSR count). The van der Waals surface area contributed by atoms with Crippen molar-refractivity contribution >= 4 is 28.1 Å². The average Bonchev–Trinajstić information content (AvgIpc) is 3.40. The Balaban J connectivity index is 1.51. The number of anilines is 1. The van der Waals surface area contributed by atoms with E-state index in [4.69, 9.17) is 4.99 Å². The van der Waals surface area contributed by atoms with Gasteiger partial charge in [0.2, 0.25) is 0 Å². The molecule has 8 nitrogen and oxygen atoms in total. The Bertz CT molecular complexity index is 1050. The van der Waals surface area contributed by atoms with E-state index in [0.717, 1.165) is 40.2 Å². The quantitative estimate of drug-likeness (QED) is 0.677. The van der Waals surface area contributed by atoms with E-state index in [0.29, 0.717) is 0 Å². The molecule has 0 fully saturated rings. The molecular weight excluding hydrogens is 328 g/mol. The van der Waals surface area contributed by atoms with Gasteiger partial charge >= 0.3 is 0 Å². The summed E-state index contributed by atoms with van der Waals surface area (Å²) in [7, 11) is 0. The Morgan fingerprint density at radius 1 is 1.27 bits per heavy atom. The summed E-state index contributed by atoms with van der Waals surface area (Å²) in [4.78, 5) is 6.97. The summed E-state index contributed by atoms with van der Waals surface area (Å²) in [6.45, 7) is 2.89. The summed E-state index contributed by atoms with van der Waals surface area (Å²) >= 11 is 0. The molecular formula is C18H18N8. The summed E-state index contributed by atoms with van der Waals surface area (Å²) in [5.41, 5.74) is 3.83. The molecule has 2 aliphatic rings. The molecule has 0 saturated carbocycles. The first kappa shape index (κ1) is 14.8. The first-order valence-electron chi connectivity index (χ1n) is 8.54. The number of aliphatic imine (C=N–C) groups is 1. The number of H-pyrrole nitrogens is 1. The molecule has 130 valence electrons. The van der Waals surface area contributed by atoms with Gasteiger partial charge in [-0.1, -0.05) is 12.1 Å². The van der Waals surface area contributed by atoms with Gasteiger partial charge in [-0.3, -0.25) is 9.78 Å². The Morgan fingerprint density at radius 2 is 2.23 bits per heavy atom. The Hall–Kier alpha value is -3.55. The van der Waals surface area contributed by atoms with E-state index in [-0.39, 0.29) is 6.17 Å². The van der Waals surface area contributed by atoms with E-state index in [1.54, 1.807) is 0 Å². The van der Waals surface area contributed by atoms with Crippen molar-refractivity contribution in [3.8, 4) is 0 Å². The molecule has 0 radical (unpaired) electrons. The Labute approximate surface area is 149 Å². The van der Waals surface area contributed by atoms with Crippen LogP contribution in [0.4, 0.5) is 5.69 Å². The van der Waals surface area contributed by atoms with Gasteiger partial charge in [-0.25, -0.2) is 4.99 Å². The molecule has 26 heavy (non-hydrogen) atoms. The number of nitrogens with zero attached hydrogens (tertiary/aromatic N) is 5. The van der Waals surface area contributed by atoms with Crippen LogP contribution in [-0.4, -0.2) is 36.9 Å². The molecule has 1 aromatic carbocycles. The number of benzene rings is 1. The molecule has 2 aromatic heterocycles. The fourth-order valence-electron chi connectivity index (χ4n) is 3.17. The average molecular weight is 346 g/mol. The van der Waals surface area contributed by atoms with Gasteiger partial charge < -0.3 is 15.5 Å². The molecule has 0 spiro atoms. The highest BCUT2D eigenvalue weighted by Gasteiger charge is 2.28. The van der Waals surface area contributed by atoms with E-state index in [9.17, 15) is 0 Å². The van der Waals surface area contributed by atoms with Crippen LogP contribution in [0.3, 0.4) is 0 Å². The van der Waals surface area contributed by atoms with Crippen LogP contribution in [0.25, 0.3) is 16.6 Å². The zero-order valence-electron chi connectivity index (χ0n) is 14.2. The van der Waals surface area contributed by atoms with Crippen LogP contribution in [0.1, 0.15) is 12.5 Å². The highest BCUT2D eigenvalue weighted by molar-refractivity contribution is 6.03. The van der Waals surface area contributed by atoms with E-state index in [1.807, 2.05) is 47.9 Å². The van der Waals surface area contributed by atoms with Crippen LogP contribution in [0.2, 0.25) is 0 Å². The fraction of sp³-hybridized carbons (Fsp3) is 0.167. The molecule has 8 heteroatoms. The minimum Gasteiger partial charge on any atom is -0.363 e. The summed E-state index contributed by atoms with van der Waals surface area (Å²) in [6.07, 6.45) is 11.5. The van der Waals surface area contributed by atoms with Crippen molar-refractivity contribution in [1.82, 2.24) is 30.2 Å². The van der Waals surface area contributed by atoms with Gasteiger partial charge in [0.05, 0.1) is 29.3 Å². The molecule has 0 amide bonds. The number of aromatic amines is 1. The van der Waals surface area contributed by atoms with Crippen LogP contribution >= 0.6 is 0 Å². The smallest absolute Gasteiger partial charge is 0.162 e. The summed E-state index contributed by atoms with van der Waals surface area (Å²) in [5, 5.41) is 19.2. The van der Waals surface area contributed by atoms with Gasteiger partial charge in [0.15, 0.2) is 12.0 Å². The van der Waals surface area contributed by atoms with Gasteiger partial charge in [0.1, 0.15) is 0 Å². The van der Waals surface area contributed by atoms with Crippen LogP contribution in [0.15, 0.2) is 60.4 Å². The maximum atomic E-state index is 4.87. The minimum absolute atomic E-state index is 0.0420. The van der Waals surface area contributed by atoms with Gasteiger partial charge in [0, 0.05) is 42.3 Å². The normalized spacial score (nSPS) is 18.5. The van der Waals surface area contributed by atoms with Crippen molar-refractivity contribution in [2.45, 2.75) is 19.6 Å². The maximum absolute atomic E-state index is 4.87. The zero-order chi connectivity index (χ0) is 17.5. The van der Waals surface area contributed by atoms with Gasteiger partial charge in [-0.05, 0) is 13.0 Å². The number of hydrogen-bond acceptors (Lipinski definition) is 6. The minimum atomic E-state index is -0.0420. The number of aromatic nitrogens is 4. The van der Waals surface area contributed by atoms with Crippen molar-refractivity contribution in [3.63, 3.8) is 0 Å². The lowest BCUT2D eigenvalue weighted by Crippen LogP contribution is -2.45. The van der Waals surface area contributed by atoms with Crippen molar-refractivity contribution in [2.75, 3.05) is 5.32 Å². The number of amidine groups is 1. The first-order chi connectivity index (χ1) is 12.8. The number of aryl methyl sites for hydroxylation is 1. The standard InChI is InChI=1S/C18H18N8/c1-2-26-10-14(9-21-26)22-17-18-19-5-6-25(18)11-16(23-17)12-3-4-13-8-20-24-15(13)7-12/h3-11,18-19H,2H2,1H3,(H,20,24)(H,22,23).